The van der Waals surface area contributed by atoms with Crippen LogP contribution in [0.1, 0.15) is 0 Å². The van der Waals surface area contributed by atoms with Crippen LogP contribution in [-0.4, -0.2) is 9.38 Å². The Balaban J connectivity index is 2.28. The molecular weight excluding hydrogens is 288 g/mol. The van der Waals surface area contributed by atoms with Crippen LogP contribution in [0.2, 0.25) is 10.0 Å². The molecule has 0 fully saturated rings. The number of rotatable bonds is 1. The maximum Gasteiger partial charge on any atom is 0.157 e. The Morgan fingerprint density at radius 3 is 2.63 bits per heavy atom. The lowest BCUT2D eigenvalue weighted by atomic mass is 10.1. The van der Waals surface area contributed by atoms with Crippen molar-refractivity contribution in [1.29, 1.82) is 0 Å². The summed E-state index contributed by atoms with van der Waals surface area (Å²) in [5.41, 5.74) is 7.58. The van der Waals surface area contributed by atoms with E-state index in [-0.39, 0.29) is 5.02 Å². The maximum atomic E-state index is 13.5. The van der Waals surface area contributed by atoms with Crippen molar-refractivity contribution in [2.75, 3.05) is 5.73 Å². The summed E-state index contributed by atoms with van der Waals surface area (Å²) in [6.07, 6.45) is 1.75. The van der Waals surface area contributed by atoms with Crippen molar-refractivity contribution in [3.63, 3.8) is 0 Å². The van der Waals surface area contributed by atoms with Gasteiger partial charge in [-0.3, -0.25) is 4.40 Å². The Morgan fingerprint density at radius 2 is 1.95 bits per heavy atom. The highest BCUT2D eigenvalue weighted by molar-refractivity contribution is 6.33. The lowest BCUT2D eigenvalue weighted by molar-refractivity contribution is 0.629. The largest absolute Gasteiger partial charge is 0.383 e. The molecule has 2 aromatic heterocycles. The molecule has 3 nitrogen and oxygen atoms in total. The van der Waals surface area contributed by atoms with Crippen LogP contribution in [-0.2, 0) is 0 Å². The molecule has 19 heavy (non-hydrogen) atoms. The van der Waals surface area contributed by atoms with Crippen molar-refractivity contribution < 1.29 is 4.39 Å². The molecule has 0 aliphatic carbocycles. The first-order valence-corrected chi connectivity index (χ1v) is 6.21. The number of nitrogens with two attached hydrogens (primary N) is 1. The van der Waals surface area contributed by atoms with E-state index in [1.807, 2.05) is 0 Å². The maximum absolute atomic E-state index is 13.5. The fourth-order valence-electron chi connectivity index (χ4n) is 1.91. The van der Waals surface area contributed by atoms with Crippen LogP contribution >= 0.6 is 23.2 Å². The quantitative estimate of drug-likeness (QED) is 0.736. The van der Waals surface area contributed by atoms with E-state index in [0.717, 1.165) is 0 Å². The number of anilines is 1. The van der Waals surface area contributed by atoms with Crippen LogP contribution in [0, 0.1) is 5.82 Å². The fraction of sp³-hybridized carbons (Fsp3) is 0. The van der Waals surface area contributed by atoms with Crippen LogP contribution in [0.4, 0.5) is 10.2 Å². The van der Waals surface area contributed by atoms with Gasteiger partial charge < -0.3 is 5.73 Å². The number of hydrogen-bond donors (Lipinski definition) is 1. The van der Waals surface area contributed by atoms with Crippen LogP contribution < -0.4 is 5.73 Å². The van der Waals surface area contributed by atoms with E-state index in [2.05, 4.69) is 4.98 Å². The van der Waals surface area contributed by atoms with Gasteiger partial charge in [0.25, 0.3) is 0 Å². The minimum absolute atomic E-state index is 0.0594. The van der Waals surface area contributed by atoms with Gasteiger partial charge in [0, 0.05) is 11.8 Å². The Kier molecular flexibility index (Phi) is 2.84. The Bertz CT molecular complexity index is 783. The van der Waals surface area contributed by atoms with Crippen LogP contribution in [0.25, 0.3) is 16.9 Å². The normalized spacial score (nSPS) is 11.1. The van der Waals surface area contributed by atoms with Gasteiger partial charge in [0.05, 0.1) is 10.0 Å². The van der Waals surface area contributed by atoms with Crippen molar-refractivity contribution in [2.45, 2.75) is 0 Å². The van der Waals surface area contributed by atoms with Gasteiger partial charge in [0.15, 0.2) is 5.65 Å². The zero-order chi connectivity index (χ0) is 13.6. The molecule has 0 unspecified atom stereocenters. The SMILES string of the molecule is Nc1c(-c2ccc(Cl)c(F)c2)nc2c(Cl)cccn12. The Morgan fingerprint density at radius 1 is 1.16 bits per heavy atom. The van der Waals surface area contributed by atoms with Gasteiger partial charge in [-0.1, -0.05) is 29.3 Å². The van der Waals surface area contributed by atoms with E-state index < -0.39 is 5.82 Å². The van der Waals surface area contributed by atoms with E-state index in [4.69, 9.17) is 28.9 Å². The summed E-state index contributed by atoms with van der Waals surface area (Å²) in [7, 11) is 0. The zero-order valence-corrected chi connectivity index (χ0v) is 11.1. The minimum atomic E-state index is -0.512. The van der Waals surface area contributed by atoms with Crippen molar-refractivity contribution in [2.24, 2.45) is 0 Å². The molecule has 2 heterocycles. The molecule has 1 aromatic carbocycles. The Labute approximate surface area is 118 Å². The molecule has 3 aromatic rings. The molecule has 0 atom stereocenters. The lowest BCUT2D eigenvalue weighted by Gasteiger charge is -2.00. The van der Waals surface area contributed by atoms with Gasteiger partial charge in [-0.05, 0) is 24.3 Å². The van der Waals surface area contributed by atoms with Gasteiger partial charge in [-0.15, -0.1) is 0 Å². The highest BCUT2D eigenvalue weighted by Gasteiger charge is 2.14. The van der Waals surface area contributed by atoms with E-state index in [1.165, 1.54) is 12.1 Å². The second-order valence-corrected chi connectivity index (χ2v) is 4.84. The molecule has 6 heteroatoms. The van der Waals surface area contributed by atoms with Crippen LogP contribution in [0.15, 0.2) is 36.5 Å². The third kappa shape index (κ3) is 1.93. The molecule has 0 bridgehead atoms. The third-order valence-corrected chi connectivity index (χ3v) is 3.43. The van der Waals surface area contributed by atoms with E-state index in [1.54, 1.807) is 28.8 Å². The fourth-order valence-corrected chi connectivity index (χ4v) is 2.23. The third-order valence-electron chi connectivity index (χ3n) is 2.83. The van der Waals surface area contributed by atoms with E-state index >= 15 is 0 Å². The summed E-state index contributed by atoms with van der Waals surface area (Å²) in [5, 5.41) is 0.541. The molecule has 0 spiro atoms. The molecule has 3 rings (SSSR count). The monoisotopic (exact) mass is 295 g/mol. The van der Waals surface area contributed by atoms with Crippen molar-refractivity contribution in [3.8, 4) is 11.3 Å². The van der Waals surface area contributed by atoms with Gasteiger partial charge in [0.1, 0.15) is 17.3 Å². The lowest BCUT2D eigenvalue weighted by Crippen LogP contribution is -1.94. The summed E-state index contributed by atoms with van der Waals surface area (Å²) in [4.78, 5) is 4.35. The predicted octanol–water partition coefficient (Wildman–Crippen LogP) is 4.03. The first-order chi connectivity index (χ1) is 9.08. The number of imidazole rings is 1. The molecule has 0 amide bonds. The zero-order valence-electron chi connectivity index (χ0n) is 9.57. The van der Waals surface area contributed by atoms with E-state index in [9.17, 15) is 4.39 Å². The molecular formula is C13H8Cl2FN3. The van der Waals surface area contributed by atoms with Crippen molar-refractivity contribution >= 4 is 34.7 Å². The molecule has 2 N–H and O–H groups in total. The minimum Gasteiger partial charge on any atom is -0.383 e. The number of nitrogens with zero attached hydrogens (tertiary/aromatic N) is 2. The number of benzene rings is 1. The average Bonchev–Trinajstić information content (AvgIpc) is 2.72. The van der Waals surface area contributed by atoms with E-state index in [0.29, 0.717) is 27.7 Å². The number of hydrogen-bond acceptors (Lipinski definition) is 2. The van der Waals surface area contributed by atoms with Crippen molar-refractivity contribution in [1.82, 2.24) is 9.38 Å². The molecule has 96 valence electrons. The number of pyridine rings is 1. The standard InChI is InChI=1S/C13H8Cl2FN3/c14-8-4-3-7(6-10(8)16)11-12(17)19-5-1-2-9(15)13(19)18-11/h1-6H,17H2. The predicted molar refractivity (Wildman–Crippen MR) is 75.0 cm³/mol. The Hall–Kier alpha value is -1.78. The van der Waals surface area contributed by atoms with Gasteiger partial charge in [-0.2, -0.15) is 0 Å². The first kappa shape index (κ1) is 12.3. The summed E-state index contributed by atoms with van der Waals surface area (Å²) in [5.74, 6) is -0.110. The number of fused-ring (bicyclic) bond motifs is 1. The summed E-state index contributed by atoms with van der Waals surface area (Å²) in [6.45, 7) is 0. The first-order valence-electron chi connectivity index (χ1n) is 5.45. The topological polar surface area (TPSA) is 43.3 Å². The highest BCUT2D eigenvalue weighted by Crippen LogP contribution is 2.30. The van der Waals surface area contributed by atoms with Crippen LogP contribution in [0.3, 0.4) is 0 Å². The number of aromatic nitrogens is 2. The molecule has 0 radical (unpaired) electrons. The molecule has 0 aliphatic rings. The second kappa shape index (κ2) is 4.40. The molecule has 0 saturated heterocycles. The van der Waals surface area contributed by atoms with Gasteiger partial charge in [-0.25, -0.2) is 9.37 Å². The van der Waals surface area contributed by atoms with Gasteiger partial charge >= 0.3 is 0 Å². The summed E-state index contributed by atoms with van der Waals surface area (Å²) < 4.78 is 15.2. The van der Waals surface area contributed by atoms with Crippen molar-refractivity contribution in [3.05, 3.63) is 52.4 Å². The molecule has 0 saturated carbocycles. The number of nitrogen functional groups attached to an aromatic ring is 1. The van der Waals surface area contributed by atoms with Crippen LogP contribution in [0.5, 0.6) is 0 Å². The highest BCUT2D eigenvalue weighted by atomic mass is 35.5. The number of halogens is 3. The summed E-state index contributed by atoms with van der Waals surface area (Å²) in [6, 6.07) is 7.91. The average molecular weight is 296 g/mol. The smallest absolute Gasteiger partial charge is 0.157 e. The summed E-state index contributed by atoms with van der Waals surface area (Å²) >= 11 is 11.7. The second-order valence-electron chi connectivity index (χ2n) is 4.02. The molecule has 0 aliphatic heterocycles. The van der Waals surface area contributed by atoms with Gasteiger partial charge in [0.2, 0.25) is 0 Å².